The monoisotopic (exact) mass is 344 g/mol. The van der Waals surface area contributed by atoms with Crippen LogP contribution in [0.4, 0.5) is 5.69 Å². The number of aliphatic carboxylic acids is 1. The predicted octanol–water partition coefficient (Wildman–Crippen LogP) is 2.27. The molecule has 0 aromatic heterocycles. The van der Waals surface area contributed by atoms with E-state index in [9.17, 15) is 19.7 Å². The van der Waals surface area contributed by atoms with Crippen LogP contribution in [0.25, 0.3) is 0 Å². The zero-order valence-corrected chi connectivity index (χ0v) is 13.0. The third-order valence-electron chi connectivity index (χ3n) is 3.36. The number of nitrogens with zero attached hydrogens (tertiary/aromatic N) is 2. The minimum Gasteiger partial charge on any atom is -0.481 e. The van der Waals surface area contributed by atoms with Crippen molar-refractivity contribution in [3.05, 3.63) is 33.3 Å². The van der Waals surface area contributed by atoms with E-state index < -0.39 is 16.8 Å². The second kappa shape index (κ2) is 6.97. The van der Waals surface area contributed by atoms with Gasteiger partial charge >= 0.3 is 5.97 Å². The number of carboxylic acid groups (broad SMARTS) is 1. The molecule has 1 saturated heterocycles. The number of amides is 1. The molecule has 1 aliphatic rings. The van der Waals surface area contributed by atoms with E-state index in [1.54, 1.807) is 0 Å². The number of rotatable bonds is 5. The lowest BCUT2D eigenvalue weighted by Gasteiger charge is -2.15. The molecule has 1 N–H and O–H groups in total. The van der Waals surface area contributed by atoms with Crippen molar-refractivity contribution in [2.75, 3.05) is 18.8 Å². The summed E-state index contributed by atoms with van der Waals surface area (Å²) in [5.74, 6) is -1.64. The summed E-state index contributed by atoms with van der Waals surface area (Å²) < 4.78 is 0. The van der Waals surface area contributed by atoms with Crippen molar-refractivity contribution in [2.45, 2.75) is 11.3 Å². The highest BCUT2D eigenvalue weighted by Crippen LogP contribution is 2.32. The van der Waals surface area contributed by atoms with Crippen LogP contribution < -0.4 is 0 Å². The number of likely N-dealkylation sites (tertiary alicyclic amines) is 1. The van der Waals surface area contributed by atoms with Crippen LogP contribution in [-0.2, 0) is 9.59 Å². The molecule has 0 spiro atoms. The van der Waals surface area contributed by atoms with Crippen molar-refractivity contribution >= 4 is 40.9 Å². The number of carbonyl (C=O) groups is 2. The maximum atomic E-state index is 12.1. The molecule has 9 heteroatoms. The molecule has 0 bridgehead atoms. The van der Waals surface area contributed by atoms with Gasteiger partial charge in [0.1, 0.15) is 0 Å². The molecule has 7 nitrogen and oxygen atoms in total. The fourth-order valence-corrected chi connectivity index (χ4v) is 3.25. The van der Waals surface area contributed by atoms with Gasteiger partial charge in [0.2, 0.25) is 5.91 Å². The maximum absolute atomic E-state index is 12.1. The first kappa shape index (κ1) is 16.6. The van der Waals surface area contributed by atoms with E-state index in [0.29, 0.717) is 17.9 Å². The SMILES string of the molecule is O=C(O)C1CCN(C(=O)CSc2ccc(Cl)cc2[N+](=O)[O-])C1. The van der Waals surface area contributed by atoms with Gasteiger partial charge in [-0.05, 0) is 18.6 Å². The Morgan fingerprint density at radius 3 is 2.82 bits per heavy atom. The van der Waals surface area contributed by atoms with Gasteiger partial charge in [-0.1, -0.05) is 11.6 Å². The molecule has 118 valence electrons. The molecule has 2 rings (SSSR count). The molecule has 0 saturated carbocycles. The molecule has 1 heterocycles. The number of thioether (sulfide) groups is 1. The number of hydrogen-bond donors (Lipinski definition) is 1. The second-order valence-corrected chi connectivity index (χ2v) is 6.28. The van der Waals surface area contributed by atoms with Crippen LogP contribution >= 0.6 is 23.4 Å². The Morgan fingerprint density at radius 1 is 1.50 bits per heavy atom. The number of halogens is 1. The van der Waals surface area contributed by atoms with E-state index in [-0.39, 0.29) is 28.9 Å². The maximum Gasteiger partial charge on any atom is 0.308 e. The fourth-order valence-electron chi connectivity index (χ4n) is 2.17. The third kappa shape index (κ3) is 3.89. The normalized spacial score (nSPS) is 17.5. The molecule has 1 aromatic rings. The highest BCUT2D eigenvalue weighted by atomic mass is 35.5. The molecule has 1 unspecified atom stereocenters. The second-order valence-electron chi connectivity index (χ2n) is 4.82. The van der Waals surface area contributed by atoms with Gasteiger partial charge in [-0.15, -0.1) is 11.8 Å². The Balaban J connectivity index is 1.97. The largest absolute Gasteiger partial charge is 0.481 e. The molecule has 1 atom stereocenters. The molecule has 1 fully saturated rings. The average Bonchev–Trinajstić information content (AvgIpc) is 2.95. The average molecular weight is 345 g/mol. The molecule has 0 radical (unpaired) electrons. The molecule has 1 aliphatic heterocycles. The molecular weight excluding hydrogens is 332 g/mol. The first-order chi connectivity index (χ1) is 10.4. The lowest BCUT2D eigenvalue weighted by atomic mass is 10.1. The highest BCUT2D eigenvalue weighted by molar-refractivity contribution is 8.00. The Labute approximate surface area is 135 Å². The fraction of sp³-hybridized carbons (Fsp3) is 0.385. The number of carboxylic acids is 1. The van der Waals surface area contributed by atoms with Gasteiger partial charge in [-0.3, -0.25) is 19.7 Å². The van der Waals surface area contributed by atoms with E-state index in [1.807, 2.05) is 0 Å². The van der Waals surface area contributed by atoms with Crippen molar-refractivity contribution in [1.29, 1.82) is 0 Å². The summed E-state index contributed by atoms with van der Waals surface area (Å²) in [4.78, 5) is 35.2. The van der Waals surface area contributed by atoms with E-state index in [4.69, 9.17) is 16.7 Å². The van der Waals surface area contributed by atoms with Crippen LogP contribution in [0.2, 0.25) is 5.02 Å². The first-order valence-electron chi connectivity index (χ1n) is 6.46. The predicted molar refractivity (Wildman–Crippen MR) is 81.2 cm³/mol. The molecular formula is C13H13ClN2O5S. The lowest BCUT2D eigenvalue weighted by molar-refractivity contribution is -0.387. The van der Waals surface area contributed by atoms with Crippen LogP contribution in [0.15, 0.2) is 23.1 Å². The number of carbonyl (C=O) groups excluding carboxylic acids is 1. The summed E-state index contributed by atoms with van der Waals surface area (Å²) in [6.45, 7) is 0.594. The zero-order chi connectivity index (χ0) is 16.3. The van der Waals surface area contributed by atoms with Crippen molar-refractivity contribution in [3.63, 3.8) is 0 Å². The number of hydrogen-bond acceptors (Lipinski definition) is 5. The van der Waals surface area contributed by atoms with Crippen LogP contribution in [0.1, 0.15) is 6.42 Å². The van der Waals surface area contributed by atoms with Crippen molar-refractivity contribution in [3.8, 4) is 0 Å². The summed E-state index contributed by atoms with van der Waals surface area (Å²) in [7, 11) is 0. The topological polar surface area (TPSA) is 101 Å². The first-order valence-corrected chi connectivity index (χ1v) is 7.82. The van der Waals surface area contributed by atoms with Crippen molar-refractivity contribution in [2.24, 2.45) is 5.92 Å². The summed E-state index contributed by atoms with van der Waals surface area (Å²) >= 11 is 6.78. The minimum atomic E-state index is -0.906. The summed E-state index contributed by atoms with van der Waals surface area (Å²) in [5, 5.41) is 20.1. The van der Waals surface area contributed by atoms with E-state index in [1.165, 1.54) is 23.1 Å². The molecule has 0 aliphatic carbocycles. The highest BCUT2D eigenvalue weighted by Gasteiger charge is 2.30. The third-order valence-corrected chi connectivity index (χ3v) is 4.64. The molecule has 1 amide bonds. The summed E-state index contributed by atoms with van der Waals surface area (Å²) in [5.41, 5.74) is -0.143. The van der Waals surface area contributed by atoms with Crippen LogP contribution in [0.3, 0.4) is 0 Å². The smallest absolute Gasteiger partial charge is 0.308 e. The van der Waals surface area contributed by atoms with Gasteiger partial charge in [0.05, 0.1) is 21.5 Å². The van der Waals surface area contributed by atoms with Crippen molar-refractivity contribution in [1.82, 2.24) is 4.90 Å². The van der Waals surface area contributed by atoms with Gasteiger partial charge < -0.3 is 10.0 Å². The minimum absolute atomic E-state index is 0.0226. The van der Waals surface area contributed by atoms with E-state index >= 15 is 0 Å². The van der Waals surface area contributed by atoms with Crippen LogP contribution in [0, 0.1) is 16.0 Å². The molecule has 1 aromatic carbocycles. The quantitative estimate of drug-likeness (QED) is 0.499. The van der Waals surface area contributed by atoms with Crippen molar-refractivity contribution < 1.29 is 19.6 Å². The van der Waals surface area contributed by atoms with Gasteiger partial charge in [0, 0.05) is 24.2 Å². The van der Waals surface area contributed by atoms with Gasteiger partial charge in [0.25, 0.3) is 5.69 Å². The number of nitro benzene ring substituents is 1. The van der Waals surface area contributed by atoms with Gasteiger partial charge in [-0.25, -0.2) is 0 Å². The standard InChI is InChI=1S/C13H13ClN2O5S/c14-9-1-2-11(10(5-9)16(20)21)22-7-12(17)15-4-3-8(6-15)13(18)19/h1-2,5,8H,3-4,6-7H2,(H,18,19). The Kier molecular flexibility index (Phi) is 5.25. The van der Waals surface area contributed by atoms with Gasteiger partial charge in [0.15, 0.2) is 0 Å². The van der Waals surface area contributed by atoms with Gasteiger partial charge in [-0.2, -0.15) is 0 Å². The lowest BCUT2D eigenvalue weighted by Crippen LogP contribution is -2.31. The number of benzene rings is 1. The Bertz CT molecular complexity index is 624. The van der Waals surface area contributed by atoms with E-state index in [2.05, 4.69) is 0 Å². The summed E-state index contributed by atoms with van der Waals surface area (Å²) in [6.07, 6.45) is 0.437. The summed E-state index contributed by atoms with van der Waals surface area (Å²) in [6, 6.07) is 4.27. The molecule has 22 heavy (non-hydrogen) atoms. The van der Waals surface area contributed by atoms with Crippen LogP contribution in [0.5, 0.6) is 0 Å². The van der Waals surface area contributed by atoms with Crippen LogP contribution in [-0.4, -0.2) is 45.6 Å². The zero-order valence-electron chi connectivity index (χ0n) is 11.4. The van der Waals surface area contributed by atoms with E-state index in [0.717, 1.165) is 11.8 Å². The Morgan fingerprint density at radius 2 is 2.23 bits per heavy atom. The Hall–Kier alpha value is -1.80. The number of nitro groups is 1.